The molecule has 0 aliphatic carbocycles. The molecule has 1 amide bonds. The van der Waals surface area contributed by atoms with Crippen LogP contribution in [0, 0.1) is 5.92 Å². The third kappa shape index (κ3) is 3.82. The van der Waals surface area contributed by atoms with Crippen molar-refractivity contribution in [2.24, 2.45) is 5.92 Å². The van der Waals surface area contributed by atoms with Gasteiger partial charge in [-0.3, -0.25) is 14.7 Å². The van der Waals surface area contributed by atoms with Gasteiger partial charge in [-0.25, -0.2) is 0 Å². The lowest BCUT2D eigenvalue weighted by Gasteiger charge is -2.37. The average Bonchev–Trinajstić information content (AvgIpc) is 3.11. The summed E-state index contributed by atoms with van der Waals surface area (Å²) in [4.78, 5) is 18.7. The summed E-state index contributed by atoms with van der Waals surface area (Å²) in [6.45, 7) is 5.59. The van der Waals surface area contributed by atoms with E-state index in [4.69, 9.17) is 9.47 Å². The SMILES string of the molecule is O=C(NC[C@H]([C@H]1CCOC1)N1CCOCC1)c1ccccn1. The molecular formula is C16H23N3O3. The predicted molar refractivity (Wildman–Crippen MR) is 81.7 cm³/mol. The minimum Gasteiger partial charge on any atom is -0.381 e. The molecule has 2 saturated heterocycles. The second-order valence-electron chi connectivity index (χ2n) is 5.76. The number of carbonyl (C=O) groups is 1. The minimum absolute atomic E-state index is 0.113. The van der Waals surface area contributed by atoms with Gasteiger partial charge in [-0.05, 0) is 18.6 Å². The zero-order chi connectivity index (χ0) is 15.2. The van der Waals surface area contributed by atoms with Crippen LogP contribution < -0.4 is 5.32 Å². The van der Waals surface area contributed by atoms with Crippen LogP contribution in [0.4, 0.5) is 0 Å². The summed E-state index contributed by atoms with van der Waals surface area (Å²) in [6, 6.07) is 5.67. The van der Waals surface area contributed by atoms with Gasteiger partial charge in [0.25, 0.3) is 5.91 Å². The number of morpholine rings is 1. The lowest BCUT2D eigenvalue weighted by atomic mass is 9.97. The van der Waals surface area contributed by atoms with Crippen LogP contribution in [0.5, 0.6) is 0 Å². The second-order valence-corrected chi connectivity index (χ2v) is 5.76. The molecule has 0 spiro atoms. The summed E-state index contributed by atoms with van der Waals surface area (Å²) in [5, 5.41) is 3.03. The van der Waals surface area contributed by atoms with Gasteiger partial charge in [-0.2, -0.15) is 0 Å². The van der Waals surface area contributed by atoms with Crippen LogP contribution >= 0.6 is 0 Å². The van der Waals surface area contributed by atoms with Crippen molar-refractivity contribution in [2.45, 2.75) is 12.5 Å². The highest BCUT2D eigenvalue weighted by molar-refractivity contribution is 5.92. The zero-order valence-electron chi connectivity index (χ0n) is 12.7. The van der Waals surface area contributed by atoms with E-state index in [9.17, 15) is 4.79 Å². The van der Waals surface area contributed by atoms with Crippen molar-refractivity contribution in [3.63, 3.8) is 0 Å². The monoisotopic (exact) mass is 305 g/mol. The molecule has 3 rings (SSSR count). The van der Waals surface area contributed by atoms with Crippen LogP contribution in [0.1, 0.15) is 16.9 Å². The quantitative estimate of drug-likeness (QED) is 0.861. The van der Waals surface area contributed by atoms with E-state index in [0.29, 0.717) is 24.2 Å². The first kappa shape index (κ1) is 15.4. The Morgan fingerprint density at radius 3 is 2.86 bits per heavy atom. The molecule has 1 aromatic rings. The Bertz CT molecular complexity index is 471. The number of aromatic nitrogens is 1. The van der Waals surface area contributed by atoms with Crippen molar-refractivity contribution in [3.8, 4) is 0 Å². The molecule has 2 aliphatic rings. The molecule has 0 bridgehead atoms. The summed E-state index contributed by atoms with van der Waals surface area (Å²) in [5.74, 6) is 0.361. The number of hydrogen-bond acceptors (Lipinski definition) is 5. The van der Waals surface area contributed by atoms with Crippen LogP contribution in [0.25, 0.3) is 0 Å². The Morgan fingerprint density at radius 1 is 1.32 bits per heavy atom. The molecule has 3 heterocycles. The Hall–Kier alpha value is -1.50. The van der Waals surface area contributed by atoms with E-state index in [-0.39, 0.29) is 5.91 Å². The van der Waals surface area contributed by atoms with E-state index >= 15 is 0 Å². The molecule has 0 unspecified atom stereocenters. The van der Waals surface area contributed by atoms with E-state index in [1.807, 2.05) is 12.1 Å². The van der Waals surface area contributed by atoms with Crippen LogP contribution in [-0.2, 0) is 9.47 Å². The predicted octanol–water partition coefficient (Wildman–Crippen LogP) is 0.549. The van der Waals surface area contributed by atoms with Gasteiger partial charge in [0.15, 0.2) is 0 Å². The topological polar surface area (TPSA) is 63.7 Å². The van der Waals surface area contributed by atoms with Gasteiger partial charge in [-0.15, -0.1) is 0 Å². The van der Waals surface area contributed by atoms with Gasteiger partial charge >= 0.3 is 0 Å². The number of ether oxygens (including phenoxy) is 2. The smallest absolute Gasteiger partial charge is 0.269 e. The molecule has 6 nitrogen and oxygen atoms in total. The molecule has 1 N–H and O–H groups in total. The first-order valence-electron chi connectivity index (χ1n) is 7.93. The minimum atomic E-state index is -0.113. The lowest BCUT2D eigenvalue weighted by molar-refractivity contribution is 0.00165. The first-order chi connectivity index (χ1) is 10.8. The maximum Gasteiger partial charge on any atom is 0.269 e. The molecule has 0 saturated carbocycles. The number of amides is 1. The van der Waals surface area contributed by atoms with Crippen molar-refractivity contribution < 1.29 is 14.3 Å². The van der Waals surface area contributed by atoms with Crippen LogP contribution in [0.15, 0.2) is 24.4 Å². The normalized spacial score (nSPS) is 24.1. The highest BCUT2D eigenvalue weighted by atomic mass is 16.5. The van der Waals surface area contributed by atoms with E-state index < -0.39 is 0 Å². The highest BCUT2D eigenvalue weighted by Gasteiger charge is 2.31. The van der Waals surface area contributed by atoms with Crippen molar-refractivity contribution in [1.29, 1.82) is 0 Å². The highest BCUT2D eigenvalue weighted by Crippen LogP contribution is 2.21. The van der Waals surface area contributed by atoms with Crippen LogP contribution in [0.2, 0.25) is 0 Å². The largest absolute Gasteiger partial charge is 0.381 e. The van der Waals surface area contributed by atoms with Gasteiger partial charge in [0.2, 0.25) is 0 Å². The summed E-state index contributed by atoms with van der Waals surface area (Å²) < 4.78 is 11.0. The third-order valence-corrected chi connectivity index (χ3v) is 4.39. The fourth-order valence-electron chi connectivity index (χ4n) is 3.14. The summed E-state index contributed by atoms with van der Waals surface area (Å²) in [5.41, 5.74) is 0.464. The molecule has 22 heavy (non-hydrogen) atoms. The molecule has 6 heteroatoms. The van der Waals surface area contributed by atoms with Crippen LogP contribution in [0.3, 0.4) is 0 Å². The molecular weight excluding hydrogens is 282 g/mol. The lowest BCUT2D eigenvalue weighted by Crippen LogP contribution is -2.52. The second kappa shape index (κ2) is 7.67. The molecule has 120 valence electrons. The standard InChI is InChI=1S/C16H23N3O3/c20-16(14-3-1-2-5-17-14)18-11-15(13-4-8-22-12-13)19-6-9-21-10-7-19/h1-3,5,13,15H,4,6-12H2,(H,18,20)/t13-,15+/m0/s1. The molecule has 2 atom stereocenters. The van der Waals surface area contributed by atoms with Crippen molar-refractivity contribution in [3.05, 3.63) is 30.1 Å². The van der Waals surface area contributed by atoms with Gasteiger partial charge in [-0.1, -0.05) is 6.07 Å². The summed E-state index contributed by atoms with van der Waals surface area (Å²) >= 11 is 0. The number of hydrogen-bond donors (Lipinski definition) is 1. The first-order valence-corrected chi connectivity index (χ1v) is 7.93. The van der Waals surface area contributed by atoms with E-state index in [2.05, 4.69) is 15.2 Å². The Morgan fingerprint density at radius 2 is 2.18 bits per heavy atom. The van der Waals surface area contributed by atoms with Crippen molar-refractivity contribution in [1.82, 2.24) is 15.2 Å². The Balaban J connectivity index is 1.60. The number of pyridine rings is 1. The molecule has 1 aromatic heterocycles. The van der Waals surface area contributed by atoms with Crippen LogP contribution in [-0.4, -0.2) is 67.9 Å². The molecule has 0 aromatic carbocycles. The summed E-state index contributed by atoms with van der Waals surface area (Å²) in [6.07, 6.45) is 2.70. The fourth-order valence-corrected chi connectivity index (χ4v) is 3.14. The van der Waals surface area contributed by atoms with Crippen molar-refractivity contribution >= 4 is 5.91 Å². The number of nitrogens with zero attached hydrogens (tertiary/aromatic N) is 2. The Kier molecular flexibility index (Phi) is 5.37. The van der Waals surface area contributed by atoms with Gasteiger partial charge < -0.3 is 14.8 Å². The summed E-state index contributed by atoms with van der Waals surface area (Å²) in [7, 11) is 0. The third-order valence-electron chi connectivity index (χ3n) is 4.39. The zero-order valence-corrected chi connectivity index (χ0v) is 12.7. The van der Waals surface area contributed by atoms with E-state index in [1.54, 1.807) is 12.3 Å². The van der Waals surface area contributed by atoms with E-state index in [1.165, 1.54) is 0 Å². The van der Waals surface area contributed by atoms with Gasteiger partial charge in [0, 0.05) is 44.4 Å². The van der Waals surface area contributed by atoms with Gasteiger partial charge in [0.05, 0.1) is 19.8 Å². The number of nitrogens with one attached hydrogen (secondary N) is 1. The average molecular weight is 305 g/mol. The Labute approximate surface area is 130 Å². The number of carbonyl (C=O) groups excluding carboxylic acids is 1. The maximum absolute atomic E-state index is 12.2. The number of rotatable bonds is 5. The maximum atomic E-state index is 12.2. The fraction of sp³-hybridized carbons (Fsp3) is 0.625. The molecule has 2 fully saturated rings. The van der Waals surface area contributed by atoms with E-state index in [0.717, 1.165) is 45.9 Å². The van der Waals surface area contributed by atoms with Crippen molar-refractivity contribution in [2.75, 3.05) is 46.1 Å². The molecule has 0 radical (unpaired) electrons. The molecule has 2 aliphatic heterocycles. The van der Waals surface area contributed by atoms with Gasteiger partial charge in [0.1, 0.15) is 5.69 Å².